The summed E-state index contributed by atoms with van der Waals surface area (Å²) in [5.41, 5.74) is 3.68. The molecule has 1 saturated carbocycles. The van der Waals surface area contributed by atoms with E-state index in [0.717, 1.165) is 35.5 Å². The molecular weight excluding hydrogens is 250 g/mol. The van der Waals surface area contributed by atoms with Crippen LogP contribution in [0.1, 0.15) is 63.3 Å². The van der Waals surface area contributed by atoms with Gasteiger partial charge in [0.15, 0.2) is 0 Å². The van der Waals surface area contributed by atoms with Gasteiger partial charge in [0, 0.05) is 18.0 Å². The van der Waals surface area contributed by atoms with Crippen LogP contribution < -0.4 is 16.6 Å². The molecule has 20 heavy (non-hydrogen) atoms. The van der Waals surface area contributed by atoms with E-state index < -0.39 is 0 Å². The van der Waals surface area contributed by atoms with Crippen molar-refractivity contribution in [1.82, 2.24) is 9.97 Å². The van der Waals surface area contributed by atoms with Crippen molar-refractivity contribution in [3.05, 3.63) is 11.4 Å². The summed E-state index contributed by atoms with van der Waals surface area (Å²) in [5, 5.41) is 3.44. The Balaban J connectivity index is 1.93. The van der Waals surface area contributed by atoms with E-state index in [-0.39, 0.29) is 0 Å². The molecule has 1 aliphatic carbocycles. The molecule has 1 heterocycles. The van der Waals surface area contributed by atoms with Crippen molar-refractivity contribution in [1.29, 1.82) is 0 Å². The summed E-state index contributed by atoms with van der Waals surface area (Å²) in [6.45, 7) is 7.49. The maximum Gasteiger partial charge on any atom is 0.148 e. The molecule has 1 aromatic rings. The Morgan fingerprint density at radius 1 is 1.20 bits per heavy atom. The summed E-state index contributed by atoms with van der Waals surface area (Å²) in [5.74, 6) is 9.46. The lowest BCUT2D eigenvalue weighted by Crippen LogP contribution is -2.15. The van der Waals surface area contributed by atoms with E-state index in [1.165, 1.54) is 32.1 Å². The lowest BCUT2D eigenvalue weighted by Gasteiger charge is -2.13. The first-order chi connectivity index (χ1) is 9.61. The highest BCUT2D eigenvalue weighted by Crippen LogP contribution is 2.39. The third-order valence-electron chi connectivity index (χ3n) is 3.74. The average Bonchev–Trinajstić information content (AvgIpc) is 3.24. The van der Waals surface area contributed by atoms with Gasteiger partial charge in [-0.3, -0.25) is 0 Å². The summed E-state index contributed by atoms with van der Waals surface area (Å²) in [7, 11) is 0. The van der Waals surface area contributed by atoms with E-state index in [2.05, 4.69) is 34.6 Å². The van der Waals surface area contributed by atoms with Crippen molar-refractivity contribution in [3.8, 4) is 0 Å². The fourth-order valence-electron chi connectivity index (χ4n) is 2.26. The molecular formula is C15H27N5. The molecule has 5 heteroatoms. The van der Waals surface area contributed by atoms with Crippen LogP contribution >= 0.6 is 0 Å². The minimum atomic E-state index is 0.532. The fraction of sp³-hybridized carbons (Fsp3) is 0.733. The van der Waals surface area contributed by atoms with Gasteiger partial charge in [-0.2, -0.15) is 0 Å². The Labute approximate surface area is 121 Å². The third kappa shape index (κ3) is 4.07. The molecule has 0 saturated heterocycles. The first-order valence-electron chi connectivity index (χ1n) is 7.70. The Morgan fingerprint density at radius 2 is 1.90 bits per heavy atom. The maximum atomic E-state index is 5.55. The molecule has 0 aromatic carbocycles. The van der Waals surface area contributed by atoms with Gasteiger partial charge in [0.1, 0.15) is 17.5 Å². The molecule has 5 nitrogen and oxygen atoms in total. The SMILES string of the molecule is Cc1c(NN)nc(C2CC2)nc1NCCCCC(C)C. The number of hydrazine groups is 1. The predicted octanol–water partition coefficient (Wildman–Crippen LogP) is 3.19. The van der Waals surface area contributed by atoms with Gasteiger partial charge in [-0.15, -0.1) is 0 Å². The topological polar surface area (TPSA) is 75.9 Å². The largest absolute Gasteiger partial charge is 0.370 e. The summed E-state index contributed by atoms with van der Waals surface area (Å²) in [4.78, 5) is 9.15. The van der Waals surface area contributed by atoms with Crippen molar-refractivity contribution < 1.29 is 0 Å². The Morgan fingerprint density at radius 3 is 2.50 bits per heavy atom. The predicted molar refractivity (Wildman–Crippen MR) is 83.7 cm³/mol. The number of nitrogen functional groups attached to an aromatic ring is 1. The highest BCUT2D eigenvalue weighted by Gasteiger charge is 2.28. The molecule has 0 bridgehead atoms. The zero-order chi connectivity index (χ0) is 14.5. The van der Waals surface area contributed by atoms with Gasteiger partial charge in [0.2, 0.25) is 0 Å². The maximum absolute atomic E-state index is 5.55. The van der Waals surface area contributed by atoms with Crippen LogP contribution in [0.2, 0.25) is 0 Å². The lowest BCUT2D eigenvalue weighted by atomic mass is 10.1. The Bertz CT molecular complexity index is 440. The van der Waals surface area contributed by atoms with Crippen LogP contribution in [0.5, 0.6) is 0 Å². The number of hydrogen-bond acceptors (Lipinski definition) is 5. The molecule has 0 aliphatic heterocycles. The second-order valence-electron chi connectivity index (χ2n) is 6.14. The number of nitrogens with one attached hydrogen (secondary N) is 2. The number of rotatable bonds is 8. The Hall–Kier alpha value is -1.36. The van der Waals surface area contributed by atoms with Gasteiger partial charge in [-0.25, -0.2) is 15.8 Å². The number of nitrogens with two attached hydrogens (primary N) is 1. The number of nitrogens with zero attached hydrogens (tertiary/aromatic N) is 2. The smallest absolute Gasteiger partial charge is 0.148 e. The molecule has 0 unspecified atom stereocenters. The van der Waals surface area contributed by atoms with Crippen LogP contribution in [0.4, 0.5) is 11.6 Å². The van der Waals surface area contributed by atoms with Crippen molar-refractivity contribution in [2.45, 2.75) is 58.8 Å². The number of hydrogen-bond donors (Lipinski definition) is 3. The standard InChI is InChI=1S/C15H27N5/c1-10(2)6-4-5-9-17-13-11(3)14(20-16)19-15(18-13)12-7-8-12/h10,12H,4-9,16H2,1-3H3,(H2,17,18,19,20). The summed E-state index contributed by atoms with van der Waals surface area (Å²) >= 11 is 0. The minimum Gasteiger partial charge on any atom is -0.370 e. The van der Waals surface area contributed by atoms with Gasteiger partial charge in [-0.1, -0.05) is 26.7 Å². The van der Waals surface area contributed by atoms with Crippen LogP contribution in [-0.4, -0.2) is 16.5 Å². The molecule has 4 N–H and O–H groups in total. The average molecular weight is 277 g/mol. The van der Waals surface area contributed by atoms with Crippen molar-refractivity contribution in [3.63, 3.8) is 0 Å². The van der Waals surface area contributed by atoms with Crippen molar-refractivity contribution in [2.24, 2.45) is 11.8 Å². The molecule has 1 aliphatic rings. The quantitative estimate of drug-likeness (QED) is 0.386. The molecule has 0 atom stereocenters. The molecule has 0 amide bonds. The summed E-state index contributed by atoms with van der Waals surface area (Å²) in [6, 6.07) is 0. The number of anilines is 2. The van der Waals surface area contributed by atoms with E-state index in [1.807, 2.05) is 6.92 Å². The van der Waals surface area contributed by atoms with E-state index in [9.17, 15) is 0 Å². The van der Waals surface area contributed by atoms with Gasteiger partial charge >= 0.3 is 0 Å². The van der Waals surface area contributed by atoms with Gasteiger partial charge < -0.3 is 10.7 Å². The molecule has 112 valence electrons. The van der Waals surface area contributed by atoms with Crippen LogP contribution in [0.25, 0.3) is 0 Å². The second kappa shape index (κ2) is 6.88. The first-order valence-corrected chi connectivity index (χ1v) is 7.70. The van der Waals surface area contributed by atoms with Gasteiger partial charge in [0.05, 0.1) is 0 Å². The van der Waals surface area contributed by atoms with E-state index in [0.29, 0.717) is 5.92 Å². The molecule has 1 fully saturated rings. The highest BCUT2D eigenvalue weighted by molar-refractivity contribution is 5.57. The zero-order valence-corrected chi connectivity index (χ0v) is 12.9. The van der Waals surface area contributed by atoms with Crippen LogP contribution in [0.15, 0.2) is 0 Å². The van der Waals surface area contributed by atoms with Gasteiger partial charge in [-0.05, 0) is 32.1 Å². The van der Waals surface area contributed by atoms with Crippen molar-refractivity contribution >= 4 is 11.6 Å². The Kier molecular flexibility index (Phi) is 5.17. The van der Waals surface area contributed by atoms with Crippen LogP contribution in [0, 0.1) is 12.8 Å². The van der Waals surface area contributed by atoms with E-state index >= 15 is 0 Å². The second-order valence-corrected chi connectivity index (χ2v) is 6.14. The van der Waals surface area contributed by atoms with E-state index in [1.54, 1.807) is 0 Å². The molecule has 1 aromatic heterocycles. The van der Waals surface area contributed by atoms with E-state index in [4.69, 9.17) is 5.84 Å². The number of unbranched alkanes of at least 4 members (excludes halogenated alkanes) is 1. The fourth-order valence-corrected chi connectivity index (χ4v) is 2.26. The summed E-state index contributed by atoms with van der Waals surface area (Å²) in [6.07, 6.45) is 6.10. The van der Waals surface area contributed by atoms with Crippen LogP contribution in [0.3, 0.4) is 0 Å². The molecule has 0 spiro atoms. The molecule has 0 radical (unpaired) electrons. The molecule has 2 rings (SSSR count). The first kappa shape index (κ1) is 15.0. The third-order valence-corrected chi connectivity index (χ3v) is 3.74. The van der Waals surface area contributed by atoms with Gasteiger partial charge in [0.25, 0.3) is 0 Å². The highest BCUT2D eigenvalue weighted by atomic mass is 15.3. The normalized spacial score (nSPS) is 14.7. The number of aromatic nitrogens is 2. The zero-order valence-electron chi connectivity index (χ0n) is 12.9. The van der Waals surface area contributed by atoms with Crippen LogP contribution in [-0.2, 0) is 0 Å². The van der Waals surface area contributed by atoms with Crippen molar-refractivity contribution in [2.75, 3.05) is 17.3 Å². The lowest BCUT2D eigenvalue weighted by molar-refractivity contribution is 0.544. The minimum absolute atomic E-state index is 0.532. The summed E-state index contributed by atoms with van der Waals surface area (Å²) < 4.78 is 0. The monoisotopic (exact) mass is 277 g/mol.